The van der Waals surface area contributed by atoms with Gasteiger partial charge >= 0.3 is 0 Å². The van der Waals surface area contributed by atoms with Crippen LogP contribution in [-0.2, 0) is 7.05 Å². The summed E-state index contributed by atoms with van der Waals surface area (Å²) in [5.41, 5.74) is 3.42. The van der Waals surface area contributed by atoms with Crippen LogP contribution < -0.4 is 10.4 Å². The maximum absolute atomic E-state index is 13.4. The van der Waals surface area contributed by atoms with E-state index in [4.69, 9.17) is 4.99 Å². The molecule has 5 aromatic rings. The molecule has 0 saturated carbocycles. The fourth-order valence-corrected chi connectivity index (χ4v) is 4.63. The Morgan fingerprint density at radius 2 is 1.89 bits per heavy atom. The number of rotatable bonds is 6. The Balaban J connectivity index is 1.71. The number of aromatic amines is 1. The van der Waals surface area contributed by atoms with Gasteiger partial charge in [0.15, 0.2) is 5.69 Å². The number of nitro benzene ring substituents is 1. The first-order chi connectivity index (χ1) is 17.4. The first-order valence-electron chi connectivity index (χ1n) is 11.0. The van der Waals surface area contributed by atoms with Gasteiger partial charge in [-0.3, -0.25) is 19.6 Å². The number of nitrogens with zero attached hydrogens (tertiary/aromatic N) is 6. The molecule has 5 rings (SSSR count). The monoisotopic (exact) mass is 499 g/mol. The number of nitro groups is 1. The molecule has 0 bridgehead atoms. The van der Waals surface area contributed by atoms with Gasteiger partial charge in [0.05, 0.1) is 33.9 Å². The lowest BCUT2D eigenvalue weighted by molar-refractivity contribution is -0.384. The van der Waals surface area contributed by atoms with Crippen LogP contribution in [0.1, 0.15) is 11.4 Å². The van der Waals surface area contributed by atoms with Crippen molar-refractivity contribution in [3.05, 3.63) is 115 Å². The van der Waals surface area contributed by atoms with Gasteiger partial charge in [-0.15, -0.1) is 11.3 Å². The number of hydrogen-bond acceptors (Lipinski definition) is 6. The Bertz CT molecular complexity index is 1700. The molecular formula is C25H21N7O3S. The Kier molecular flexibility index (Phi) is 6.05. The van der Waals surface area contributed by atoms with Gasteiger partial charge in [0, 0.05) is 36.3 Å². The highest BCUT2D eigenvalue weighted by Gasteiger charge is 2.17. The van der Waals surface area contributed by atoms with E-state index in [1.54, 1.807) is 38.6 Å². The van der Waals surface area contributed by atoms with Crippen LogP contribution in [0.25, 0.3) is 16.9 Å². The molecule has 0 saturated heterocycles. The third-order valence-electron chi connectivity index (χ3n) is 5.70. The number of nitrogens with one attached hydrogen (secondary N) is 1. The van der Waals surface area contributed by atoms with Gasteiger partial charge in [0.1, 0.15) is 0 Å². The highest BCUT2D eigenvalue weighted by molar-refractivity contribution is 7.07. The minimum atomic E-state index is -0.437. The second kappa shape index (κ2) is 9.47. The Labute approximate surface area is 208 Å². The fourth-order valence-electron chi connectivity index (χ4n) is 3.79. The zero-order valence-corrected chi connectivity index (χ0v) is 20.2. The molecule has 0 amide bonds. The Morgan fingerprint density at radius 3 is 2.61 bits per heavy atom. The molecule has 0 aliphatic rings. The lowest BCUT2D eigenvalue weighted by Crippen LogP contribution is -2.19. The number of non-ortho nitro benzene ring substituents is 1. The maximum Gasteiger partial charge on any atom is 0.297 e. The highest BCUT2D eigenvalue weighted by atomic mass is 32.1. The van der Waals surface area contributed by atoms with Crippen LogP contribution in [0, 0.1) is 17.0 Å². The zero-order valence-electron chi connectivity index (χ0n) is 19.4. The number of benzene rings is 2. The molecule has 0 aliphatic heterocycles. The lowest BCUT2D eigenvalue weighted by Gasteiger charge is -2.07. The molecule has 11 heteroatoms. The van der Waals surface area contributed by atoms with Crippen molar-refractivity contribution in [2.45, 2.75) is 6.92 Å². The highest BCUT2D eigenvalue weighted by Crippen LogP contribution is 2.25. The minimum absolute atomic E-state index is 0.0262. The average molecular weight is 500 g/mol. The van der Waals surface area contributed by atoms with Gasteiger partial charge in [-0.1, -0.05) is 30.3 Å². The van der Waals surface area contributed by atoms with Crippen LogP contribution in [0.5, 0.6) is 0 Å². The molecule has 2 aromatic carbocycles. The zero-order chi connectivity index (χ0) is 25.2. The molecule has 0 atom stereocenters. The van der Waals surface area contributed by atoms with Crippen molar-refractivity contribution < 1.29 is 4.92 Å². The summed E-state index contributed by atoms with van der Waals surface area (Å²) in [6, 6.07) is 19.4. The van der Waals surface area contributed by atoms with E-state index < -0.39 is 4.92 Å². The van der Waals surface area contributed by atoms with Crippen LogP contribution in [0.3, 0.4) is 0 Å². The molecule has 0 unspecified atom stereocenters. The number of aromatic nitrogens is 4. The summed E-state index contributed by atoms with van der Waals surface area (Å²) in [6.07, 6.45) is 3.42. The van der Waals surface area contributed by atoms with E-state index in [9.17, 15) is 14.9 Å². The Hall–Kier alpha value is -4.77. The molecule has 36 heavy (non-hydrogen) atoms. The summed E-state index contributed by atoms with van der Waals surface area (Å²) in [6.45, 7) is 1.83. The van der Waals surface area contributed by atoms with Crippen molar-refractivity contribution >= 4 is 28.9 Å². The van der Waals surface area contributed by atoms with Crippen molar-refractivity contribution in [3.63, 3.8) is 0 Å². The lowest BCUT2D eigenvalue weighted by atomic mass is 10.1. The van der Waals surface area contributed by atoms with Crippen LogP contribution in [-0.4, -0.2) is 30.2 Å². The topological polar surface area (TPSA) is 116 Å². The van der Waals surface area contributed by atoms with Gasteiger partial charge < -0.3 is 4.98 Å². The van der Waals surface area contributed by atoms with Gasteiger partial charge in [0.25, 0.3) is 11.2 Å². The average Bonchev–Trinajstić information content (AvgIpc) is 3.60. The molecule has 3 heterocycles. The molecule has 3 aromatic heterocycles. The van der Waals surface area contributed by atoms with E-state index in [0.717, 1.165) is 11.4 Å². The van der Waals surface area contributed by atoms with Crippen LogP contribution in [0.15, 0.2) is 93.2 Å². The van der Waals surface area contributed by atoms with E-state index in [1.165, 1.54) is 23.5 Å². The number of thiazole rings is 1. The van der Waals surface area contributed by atoms with Gasteiger partial charge in [-0.25, -0.2) is 14.4 Å². The van der Waals surface area contributed by atoms with Crippen LogP contribution in [0.2, 0.25) is 0 Å². The SMILES string of the molecule is Cc1c(N=c2scc(-c3cccc([N+](=O)[O-])c3)n2N=Cc2ccc[nH]2)c(=O)n(-c2ccccc2)n1C. The van der Waals surface area contributed by atoms with E-state index in [0.29, 0.717) is 21.8 Å². The van der Waals surface area contributed by atoms with E-state index in [2.05, 4.69) is 10.1 Å². The number of hydrogen-bond donors (Lipinski definition) is 1. The summed E-state index contributed by atoms with van der Waals surface area (Å²) in [4.78, 5) is 32.5. The third-order valence-corrected chi connectivity index (χ3v) is 6.52. The molecule has 180 valence electrons. The van der Waals surface area contributed by atoms with Crippen molar-refractivity contribution in [1.29, 1.82) is 0 Å². The van der Waals surface area contributed by atoms with E-state index >= 15 is 0 Å². The van der Waals surface area contributed by atoms with Crippen LogP contribution >= 0.6 is 11.3 Å². The minimum Gasteiger partial charge on any atom is -0.360 e. The molecule has 0 spiro atoms. The molecule has 0 fully saturated rings. The molecule has 1 N–H and O–H groups in total. The first-order valence-corrected chi connectivity index (χ1v) is 11.8. The second-order valence-corrected chi connectivity index (χ2v) is 8.75. The molecule has 10 nitrogen and oxygen atoms in total. The third kappa shape index (κ3) is 4.23. The summed E-state index contributed by atoms with van der Waals surface area (Å²) >= 11 is 1.29. The van der Waals surface area contributed by atoms with Crippen molar-refractivity contribution in [3.8, 4) is 16.9 Å². The standard InChI is InChI=1S/C25H21N7O3S/c1-17-23(24(33)31(29(17)2)20-10-4-3-5-11-20)28-25-30(27-15-19-9-7-13-26-19)22(16-36-25)18-8-6-12-21(14-18)32(34)35/h3-16,26H,1-2H3. The summed E-state index contributed by atoms with van der Waals surface area (Å²) in [5.74, 6) is 0. The molecular weight excluding hydrogens is 478 g/mol. The number of para-hydroxylation sites is 1. The predicted octanol–water partition coefficient (Wildman–Crippen LogP) is 4.37. The van der Waals surface area contributed by atoms with Crippen molar-refractivity contribution in [1.82, 2.24) is 19.0 Å². The predicted molar refractivity (Wildman–Crippen MR) is 139 cm³/mol. The van der Waals surface area contributed by atoms with Crippen LogP contribution in [0.4, 0.5) is 11.4 Å². The van der Waals surface area contributed by atoms with Gasteiger partial charge in [0.2, 0.25) is 4.80 Å². The quantitative estimate of drug-likeness (QED) is 0.212. The smallest absolute Gasteiger partial charge is 0.297 e. The van der Waals surface area contributed by atoms with Crippen molar-refractivity contribution in [2.24, 2.45) is 17.1 Å². The summed E-state index contributed by atoms with van der Waals surface area (Å²) in [5, 5.41) is 17.7. The van der Waals surface area contributed by atoms with Crippen molar-refractivity contribution in [2.75, 3.05) is 0 Å². The van der Waals surface area contributed by atoms with Gasteiger partial charge in [-0.05, 0) is 31.2 Å². The maximum atomic E-state index is 13.4. The fraction of sp³-hybridized carbons (Fsp3) is 0.0800. The van der Waals surface area contributed by atoms with E-state index in [-0.39, 0.29) is 16.9 Å². The van der Waals surface area contributed by atoms with Gasteiger partial charge in [-0.2, -0.15) is 5.10 Å². The molecule has 0 aliphatic carbocycles. The number of H-pyrrole nitrogens is 1. The second-order valence-electron chi connectivity index (χ2n) is 7.91. The normalized spacial score (nSPS) is 12.0. The Morgan fingerprint density at radius 1 is 1.08 bits per heavy atom. The first kappa shape index (κ1) is 23.0. The summed E-state index contributed by atoms with van der Waals surface area (Å²) in [7, 11) is 1.81. The molecule has 0 radical (unpaired) electrons. The summed E-state index contributed by atoms with van der Waals surface area (Å²) < 4.78 is 4.91. The van der Waals surface area contributed by atoms with E-state index in [1.807, 2.05) is 61.8 Å². The largest absolute Gasteiger partial charge is 0.360 e.